The summed E-state index contributed by atoms with van der Waals surface area (Å²) < 4.78 is 10.4. The minimum atomic E-state index is -0.336. The highest BCUT2D eigenvalue weighted by Gasteiger charge is 2.11. The summed E-state index contributed by atoms with van der Waals surface area (Å²) in [7, 11) is 0. The van der Waals surface area contributed by atoms with Gasteiger partial charge in [0, 0.05) is 12.8 Å². The van der Waals surface area contributed by atoms with E-state index in [9.17, 15) is 4.79 Å². The van der Waals surface area contributed by atoms with Crippen molar-refractivity contribution in [1.29, 1.82) is 0 Å². The van der Waals surface area contributed by atoms with E-state index in [1.165, 1.54) is 0 Å². The van der Waals surface area contributed by atoms with Crippen LogP contribution in [0.15, 0.2) is 0 Å². The second-order valence-electron chi connectivity index (χ2n) is 2.93. The maximum atomic E-state index is 11.0. The molecule has 0 spiro atoms. The first kappa shape index (κ1) is 12.4. The summed E-state index contributed by atoms with van der Waals surface area (Å²) in [5.74, 6) is -0.186. The molecule has 0 aliphatic heterocycles. The molecule has 0 amide bonds. The normalized spacial score (nSPS) is 12.5. The highest BCUT2D eigenvalue weighted by atomic mass is 16.7. The Hall–Kier alpha value is -0.570. The third-order valence-corrected chi connectivity index (χ3v) is 1.58. The van der Waals surface area contributed by atoms with E-state index in [1.807, 2.05) is 13.8 Å². The molecule has 0 saturated heterocycles. The van der Waals surface area contributed by atoms with Crippen LogP contribution in [0.4, 0.5) is 0 Å². The van der Waals surface area contributed by atoms with Crippen molar-refractivity contribution in [3.05, 3.63) is 0 Å². The monoisotopic (exact) mass is 188 g/mol. The molecule has 1 atom stereocenters. The largest absolute Gasteiger partial charge is 0.436 e. The number of rotatable bonds is 7. The van der Waals surface area contributed by atoms with Crippen LogP contribution in [-0.4, -0.2) is 18.9 Å². The molecular weight excluding hydrogens is 168 g/mol. The number of carbonyl (C=O) groups is 1. The Morgan fingerprint density at radius 2 is 1.92 bits per heavy atom. The predicted octanol–water partition coefficient (Wildman–Crippen LogP) is 2.49. The molecule has 1 unspecified atom stereocenters. The van der Waals surface area contributed by atoms with Gasteiger partial charge in [0.15, 0.2) is 0 Å². The number of esters is 1. The molecule has 0 radical (unpaired) electrons. The zero-order chi connectivity index (χ0) is 10.1. The Morgan fingerprint density at radius 3 is 2.38 bits per heavy atom. The van der Waals surface area contributed by atoms with Crippen LogP contribution >= 0.6 is 0 Å². The van der Waals surface area contributed by atoms with Gasteiger partial charge in [0.1, 0.15) is 0 Å². The fourth-order valence-electron chi connectivity index (χ4n) is 0.891. The summed E-state index contributed by atoms with van der Waals surface area (Å²) in [4.78, 5) is 11.0. The van der Waals surface area contributed by atoms with Gasteiger partial charge in [-0.3, -0.25) is 4.79 Å². The molecule has 0 fully saturated rings. The van der Waals surface area contributed by atoms with E-state index >= 15 is 0 Å². The zero-order valence-electron chi connectivity index (χ0n) is 8.84. The molecular formula is C10H20O3. The zero-order valence-corrected chi connectivity index (χ0v) is 8.84. The Morgan fingerprint density at radius 1 is 1.23 bits per heavy atom. The molecule has 0 aliphatic rings. The molecule has 0 N–H and O–H groups in total. The Balaban J connectivity index is 3.71. The summed E-state index contributed by atoms with van der Waals surface area (Å²) >= 11 is 0. The van der Waals surface area contributed by atoms with Gasteiger partial charge in [-0.05, 0) is 6.42 Å². The van der Waals surface area contributed by atoms with Gasteiger partial charge in [-0.1, -0.05) is 27.2 Å². The van der Waals surface area contributed by atoms with Crippen LogP contribution in [0, 0.1) is 0 Å². The van der Waals surface area contributed by atoms with E-state index in [4.69, 9.17) is 9.47 Å². The second kappa shape index (κ2) is 8.05. The molecule has 13 heavy (non-hydrogen) atoms. The summed E-state index contributed by atoms with van der Waals surface area (Å²) in [5, 5.41) is 0. The molecule has 0 aromatic rings. The van der Waals surface area contributed by atoms with Crippen molar-refractivity contribution in [1.82, 2.24) is 0 Å². The average Bonchev–Trinajstić information content (AvgIpc) is 2.14. The van der Waals surface area contributed by atoms with Crippen molar-refractivity contribution in [3.63, 3.8) is 0 Å². The topological polar surface area (TPSA) is 35.5 Å². The van der Waals surface area contributed by atoms with Gasteiger partial charge < -0.3 is 9.47 Å². The smallest absolute Gasteiger partial charge is 0.307 e. The van der Waals surface area contributed by atoms with E-state index in [0.29, 0.717) is 13.0 Å². The van der Waals surface area contributed by atoms with Gasteiger partial charge >= 0.3 is 5.97 Å². The van der Waals surface area contributed by atoms with Crippen LogP contribution in [0.3, 0.4) is 0 Å². The van der Waals surface area contributed by atoms with Crippen molar-refractivity contribution < 1.29 is 14.3 Å². The highest BCUT2D eigenvalue weighted by Crippen LogP contribution is 2.06. The van der Waals surface area contributed by atoms with Crippen molar-refractivity contribution in [2.45, 2.75) is 52.7 Å². The molecule has 0 heterocycles. The first-order valence-electron chi connectivity index (χ1n) is 5.05. The highest BCUT2D eigenvalue weighted by molar-refractivity contribution is 5.68. The van der Waals surface area contributed by atoms with Gasteiger partial charge in [-0.15, -0.1) is 0 Å². The minimum Gasteiger partial charge on any atom is -0.436 e. The first-order chi connectivity index (χ1) is 6.24. The maximum Gasteiger partial charge on any atom is 0.307 e. The van der Waals surface area contributed by atoms with E-state index in [-0.39, 0.29) is 12.3 Å². The van der Waals surface area contributed by atoms with Gasteiger partial charge in [0.05, 0.1) is 6.61 Å². The van der Waals surface area contributed by atoms with Crippen LogP contribution in [0.25, 0.3) is 0 Å². The molecule has 78 valence electrons. The lowest BCUT2D eigenvalue weighted by Crippen LogP contribution is -2.21. The van der Waals surface area contributed by atoms with Crippen LogP contribution in [0.1, 0.15) is 46.5 Å². The van der Waals surface area contributed by atoms with Gasteiger partial charge in [0.25, 0.3) is 0 Å². The Labute approximate surface area is 80.4 Å². The molecule has 0 aromatic carbocycles. The first-order valence-corrected chi connectivity index (χ1v) is 5.05. The maximum absolute atomic E-state index is 11.0. The lowest BCUT2D eigenvalue weighted by Gasteiger charge is -2.16. The van der Waals surface area contributed by atoms with Crippen molar-refractivity contribution >= 4 is 5.97 Å². The number of hydrogen-bond acceptors (Lipinski definition) is 3. The summed E-state index contributed by atoms with van der Waals surface area (Å²) in [5.41, 5.74) is 0. The lowest BCUT2D eigenvalue weighted by molar-refractivity contribution is -0.179. The average molecular weight is 188 g/mol. The Bertz CT molecular complexity index is 134. The van der Waals surface area contributed by atoms with Crippen molar-refractivity contribution in [2.75, 3.05) is 6.61 Å². The Kier molecular flexibility index (Phi) is 7.69. The summed E-state index contributed by atoms with van der Waals surface area (Å²) in [6.07, 6.45) is 2.77. The van der Waals surface area contributed by atoms with E-state index < -0.39 is 0 Å². The van der Waals surface area contributed by atoms with E-state index in [0.717, 1.165) is 19.3 Å². The van der Waals surface area contributed by atoms with Crippen LogP contribution in [0.5, 0.6) is 0 Å². The quantitative estimate of drug-likeness (QED) is 0.455. The summed E-state index contributed by atoms with van der Waals surface area (Å²) in [6, 6.07) is 0. The standard InChI is InChI=1S/C10H20O3/c1-4-7-10(12-8-5-2)13-9(11)6-3/h10H,4-8H2,1-3H3. The molecule has 0 aliphatic carbocycles. The fourth-order valence-corrected chi connectivity index (χ4v) is 0.891. The third kappa shape index (κ3) is 6.58. The molecule has 0 bridgehead atoms. The lowest BCUT2D eigenvalue weighted by atomic mass is 10.3. The molecule has 3 nitrogen and oxygen atoms in total. The number of ether oxygens (including phenoxy) is 2. The SMILES string of the molecule is CCCOC(CCC)OC(=O)CC. The van der Waals surface area contributed by atoms with Gasteiger partial charge in [-0.25, -0.2) is 0 Å². The van der Waals surface area contributed by atoms with Gasteiger partial charge in [-0.2, -0.15) is 0 Å². The molecule has 0 aromatic heterocycles. The van der Waals surface area contributed by atoms with Crippen LogP contribution < -0.4 is 0 Å². The van der Waals surface area contributed by atoms with E-state index in [1.54, 1.807) is 6.92 Å². The predicted molar refractivity (Wildman–Crippen MR) is 51.3 cm³/mol. The van der Waals surface area contributed by atoms with Crippen molar-refractivity contribution in [2.24, 2.45) is 0 Å². The number of hydrogen-bond donors (Lipinski definition) is 0. The van der Waals surface area contributed by atoms with E-state index in [2.05, 4.69) is 0 Å². The van der Waals surface area contributed by atoms with Crippen LogP contribution in [0.2, 0.25) is 0 Å². The molecule has 3 heteroatoms. The molecule has 0 rings (SSSR count). The summed E-state index contributed by atoms with van der Waals surface area (Å²) in [6.45, 7) is 6.51. The van der Waals surface area contributed by atoms with Crippen molar-refractivity contribution in [3.8, 4) is 0 Å². The second-order valence-corrected chi connectivity index (χ2v) is 2.93. The van der Waals surface area contributed by atoms with Gasteiger partial charge in [0.2, 0.25) is 6.29 Å². The fraction of sp³-hybridized carbons (Fsp3) is 0.900. The third-order valence-electron chi connectivity index (χ3n) is 1.58. The minimum absolute atomic E-state index is 0.186. The number of carbonyl (C=O) groups excluding carboxylic acids is 1. The van der Waals surface area contributed by atoms with Crippen LogP contribution in [-0.2, 0) is 14.3 Å². The molecule has 0 saturated carbocycles.